The number of aliphatic carboxylic acids is 1. The van der Waals surface area contributed by atoms with Crippen molar-refractivity contribution in [1.29, 1.82) is 0 Å². The summed E-state index contributed by atoms with van der Waals surface area (Å²) in [7, 11) is 0. The van der Waals surface area contributed by atoms with E-state index in [0.717, 1.165) is 37.5 Å². The van der Waals surface area contributed by atoms with Gasteiger partial charge in [0.2, 0.25) is 0 Å². The number of hydrogen-bond acceptors (Lipinski definition) is 4. The van der Waals surface area contributed by atoms with Gasteiger partial charge in [0.15, 0.2) is 0 Å². The van der Waals surface area contributed by atoms with E-state index in [1.54, 1.807) is 6.08 Å². The van der Waals surface area contributed by atoms with E-state index in [2.05, 4.69) is 15.9 Å². The first-order chi connectivity index (χ1) is 11.0. The van der Waals surface area contributed by atoms with Crippen LogP contribution in [-0.4, -0.2) is 32.7 Å². The van der Waals surface area contributed by atoms with E-state index in [1.165, 1.54) is 0 Å². The molecule has 0 spiro atoms. The number of benzene rings is 2. The zero-order valence-electron chi connectivity index (χ0n) is 11.7. The molecule has 23 heavy (non-hydrogen) atoms. The minimum absolute atomic E-state index is 0.264. The van der Waals surface area contributed by atoms with Crippen LogP contribution in [0.2, 0.25) is 0 Å². The summed E-state index contributed by atoms with van der Waals surface area (Å²) in [6.45, 7) is -0.416. The van der Waals surface area contributed by atoms with Gasteiger partial charge in [0.25, 0.3) is 5.91 Å². The molecule has 0 aliphatic carbocycles. The molecule has 3 rings (SSSR count). The van der Waals surface area contributed by atoms with Gasteiger partial charge in [-0.3, -0.25) is 14.5 Å². The molecule has 1 aliphatic rings. The van der Waals surface area contributed by atoms with Crippen molar-refractivity contribution in [2.45, 2.75) is 0 Å². The van der Waals surface area contributed by atoms with Crippen LogP contribution in [0.1, 0.15) is 5.56 Å². The molecule has 0 unspecified atom stereocenters. The second-order valence-electron chi connectivity index (χ2n) is 4.85. The predicted molar refractivity (Wildman–Crippen MR) is 99.2 cm³/mol. The molecule has 1 saturated heterocycles. The molecule has 0 bridgehead atoms. The average molecular weight is 408 g/mol. The molecule has 2 aromatic carbocycles. The summed E-state index contributed by atoms with van der Waals surface area (Å²) in [4.78, 5) is 24.6. The minimum Gasteiger partial charge on any atom is -0.480 e. The zero-order valence-corrected chi connectivity index (χ0v) is 14.9. The smallest absolute Gasteiger partial charge is 0.323 e. The Kier molecular flexibility index (Phi) is 4.52. The van der Waals surface area contributed by atoms with Gasteiger partial charge in [0.1, 0.15) is 10.9 Å². The van der Waals surface area contributed by atoms with Gasteiger partial charge in [-0.2, -0.15) is 0 Å². The summed E-state index contributed by atoms with van der Waals surface area (Å²) < 4.78 is 1.15. The summed E-state index contributed by atoms with van der Waals surface area (Å²) >= 11 is 9.78. The zero-order chi connectivity index (χ0) is 16.6. The number of rotatable bonds is 3. The van der Waals surface area contributed by atoms with Crippen molar-refractivity contribution in [2.75, 3.05) is 6.54 Å². The van der Waals surface area contributed by atoms with Crippen molar-refractivity contribution in [3.8, 4) is 0 Å². The van der Waals surface area contributed by atoms with Crippen LogP contribution in [0.3, 0.4) is 0 Å². The molecule has 1 fully saturated rings. The standard InChI is InChI=1S/C16H10BrNO3S2/c17-14-10(6-5-9-3-1-2-4-11(9)14)7-12-15(21)18(8-13(19)20)16(22)23-12/h1-7H,8H2,(H,19,20)/b12-7-. The molecule has 1 heterocycles. The summed E-state index contributed by atoms with van der Waals surface area (Å²) in [5.74, 6) is -1.46. The Morgan fingerprint density at radius 2 is 2.04 bits per heavy atom. The van der Waals surface area contributed by atoms with Gasteiger partial charge in [0, 0.05) is 4.47 Å². The monoisotopic (exact) mass is 407 g/mol. The lowest BCUT2D eigenvalue weighted by molar-refractivity contribution is -0.140. The van der Waals surface area contributed by atoms with E-state index in [4.69, 9.17) is 17.3 Å². The molecule has 2 aromatic rings. The van der Waals surface area contributed by atoms with Crippen LogP contribution < -0.4 is 0 Å². The number of halogens is 1. The molecule has 1 N–H and O–H groups in total. The molecule has 116 valence electrons. The molecule has 7 heteroatoms. The van der Waals surface area contributed by atoms with E-state index < -0.39 is 12.5 Å². The predicted octanol–water partition coefficient (Wildman–Crippen LogP) is 3.89. The Morgan fingerprint density at radius 1 is 1.30 bits per heavy atom. The summed E-state index contributed by atoms with van der Waals surface area (Å²) in [5, 5.41) is 11.0. The first kappa shape index (κ1) is 16.2. The van der Waals surface area contributed by atoms with Crippen LogP contribution in [0.15, 0.2) is 45.8 Å². The van der Waals surface area contributed by atoms with Gasteiger partial charge >= 0.3 is 5.97 Å². The van der Waals surface area contributed by atoms with Crippen LogP contribution in [0, 0.1) is 0 Å². The van der Waals surface area contributed by atoms with E-state index in [1.807, 2.05) is 36.4 Å². The highest BCUT2D eigenvalue weighted by atomic mass is 79.9. The van der Waals surface area contributed by atoms with E-state index in [9.17, 15) is 9.59 Å². The number of thioether (sulfide) groups is 1. The molecule has 0 saturated carbocycles. The molecular formula is C16H10BrNO3S2. The lowest BCUT2D eigenvalue weighted by Gasteiger charge is -2.10. The third-order valence-corrected chi connectivity index (χ3v) is 5.61. The van der Waals surface area contributed by atoms with Gasteiger partial charge in [-0.15, -0.1) is 0 Å². The van der Waals surface area contributed by atoms with Gasteiger partial charge in [-0.1, -0.05) is 60.4 Å². The fourth-order valence-electron chi connectivity index (χ4n) is 2.27. The van der Waals surface area contributed by atoms with Crippen LogP contribution in [0.25, 0.3) is 16.8 Å². The van der Waals surface area contributed by atoms with Gasteiger partial charge < -0.3 is 5.11 Å². The van der Waals surface area contributed by atoms with Gasteiger partial charge in [-0.25, -0.2) is 0 Å². The minimum atomic E-state index is -1.09. The quantitative estimate of drug-likeness (QED) is 0.617. The number of fused-ring (bicyclic) bond motifs is 1. The number of carboxylic acid groups (broad SMARTS) is 1. The van der Waals surface area contributed by atoms with Crippen LogP contribution in [0.4, 0.5) is 0 Å². The first-order valence-electron chi connectivity index (χ1n) is 6.62. The number of amides is 1. The Labute approximate surface area is 150 Å². The average Bonchev–Trinajstić information content (AvgIpc) is 2.77. The lowest BCUT2D eigenvalue weighted by atomic mass is 10.1. The van der Waals surface area contributed by atoms with Crippen molar-refractivity contribution in [2.24, 2.45) is 0 Å². The molecule has 1 aliphatic heterocycles. The molecule has 1 amide bonds. The van der Waals surface area contributed by atoms with Crippen molar-refractivity contribution < 1.29 is 14.7 Å². The molecular weight excluding hydrogens is 398 g/mol. The summed E-state index contributed by atoms with van der Waals surface area (Å²) in [6, 6.07) is 11.8. The van der Waals surface area contributed by atoms with Crippen LogP contribution in [-0.2, 0) is 9.59 Å². The van der Waals surface area contributed by atoms with Gasteiger partial charge in [0.05, 0.1) is 4.91 Å². The molecule has 0 aromatic heterocycles. The fraction of sp³-hybridized carbons (Fsp3) is 0.0625. The third-order valence-electron chi connectivity index (χ3n) is 3.35. The largest absolute Gasteiger partial charge is 0.480 e. The highest BCUT2D eigenvalue weighted by Crippen LogP contribution is 2.35. The first-order valence-corrected chi connectivity index (χ1v) is 8.63. The van der Waals surface area contributed by atoms with E-state index in [0.29, 0.717) is 4.91 Å². The Balaban J connectivity index is 1.99. The van der Waals surface area contributed by atoms with E-state index >= 15 is 0 Å². The number of hydrogen-bond donors (Lipinski definition) is 1. The Bertz CT molecular complexity index is 879. The molecule has 4 nitrogen and oxygen atoms in total. The second kappa shape index (κ2) is 6.43. The lowest BCUT2D eigenvalue weighted by Crippen LogP contribution is -2.33. The summed E-state index contributed by atoms with van der Waals surface area (Å²) in [6.07, 6.45) is 1.73. The Morgan fingerprint density at radius 3 is 2.78 bits per heavy atom. The topological polar surface area (TPSA) is 57.6 Å². The maximum absolute atomic E-state index is 12.3. The number of carbonyl (C=O) groups excluding carboxylic acids is 1. The highest BCUT2D eigenvalue weighted by Gasteiger charge is 2.33. The number of carbonyl (C=O) groups is 2. The second-order valence-corrected chi connectivity index (χ2v) is 7.32. The molecule has 0 atom stereocenters. The van der Waals surface area contributed by atoms with Crippen molar-refractivity contribution in [1.82, 2.24) is 4.90 Å². The number of carboxylic acids is 1. The van der Waals surface area contributed by atoms with Crippen LogP contribution in [0.5, 0.6) is 0 Å². The van der Waals surface area contributed by atoms with Crippen LogP contribution >= 0.6 is 39.9 Å². The van der Waals surface area contributed by atoms with Gasteiger partial charge in [-0.05, 0) is 38.3 Å². The fourth-order valence-corrected chi connectivity index (χ4v) is 4.13. The third kappa shape index (κ3) is 3.17. The normalized spacial score (nSPS) is 16.6. The van der Waals surface area contributed by atoms with Crippen molar-refractivity contribution in [3.63, 3.8) is 0 Å². The number of thiocarbonyl (C=S) groups is 1. The number of nitrogens with zero attached hydrogens (tertiary/aromatic N) is 1. The molecule has 0 radical (unpaired) electrons. The van der Waals surface area contributed by atoms with E-state index in [-0.39, 0.29) is 10.2 Å². The maximum atomic E-state index is 12.3. The van der Waals surface area contributed by atoms with Crippen molar-refractivity contribution in [3.05, 3.63) is 51.3 Å². The Hall–Kier alpha value is -1.70. The SMILES string of the molecule is O=C(O)CN1C(=O)/C(=C/c2ccc3ccccc3c2Br)SC1=S. The van der Waals surface area contributed by atoms with Crippen molar-refractivity contribution >= 4 is 73.0 Å². The maximum Gasteiger partial charge on any atom is 0.323 e. The summed E-state index contributed by atoms with van der Waals surface area (Å²) in [5.41, 5.74) is 0.847. The highest BCUT2D eigenvalue weighted by molar-refractivity contribution is 9.10.